The van der Waals surface area contributed by atoms with Crippen LogP contribution < -0.4 is 9.62 Å². The third-order valence-corrected chi connectivity index (χ3v) is 10.0. The van der Waals surface area contributed by atoms with Crippen molar-refractivity contribution in [3.05, 3.63) is 94.5 Å². The van der Waals surface area contributed by atoms with Crippen molar-refractivity contribution in [2.45, 2.75) is 82.8 Å². The number of aryl methyl sites for hydroxylation is 2. The average molecular weight is 610 g/mol. The summed E-state index contributed by atoms with van der Waals surface area (Å²) in [5.41, 5.74) is 2.93. The molecule has 1 fully saturated rings. The maximum absolute atomic E-state index is 14.2. The lowest BCUT2D eigenvalue weighted by molar-refractivity contribution is -0.140. The Labute approximate surface area is 254 Å². The fourth-order valence-corrected chi connectivity index (χ4v) is 6.96. The number of halogens is 1. The highest BCUT2D eigenvalue weighted by atomic mass is 35.5. The molecule has 1 aliphatic rings. The van der Waals surface area contributed by atoms with E-state index in [0.717, 1.165) is 47.5 Å². The van der Waals surface area contributed by atoms with Crippen LogP contribution in [0, 0.1) is 13.8 Å². The van der Waals surface area contributed by atoms with Gasteiger partial charge in [0.05, 0.1) is 10.6 Å². The van der Waals surface area contributed by atoms with Crippen LogP contribution in [-0.4, -0.2) is 43.8 Å². The lowest BCUT2D eigenvalue weighted by Gasteiger charge is -2.34. The zero-order valence-electron chi connectivity index (χ0n) is 24.6. The molecule has 1 saturated carbocycles. The number of sulfonamides is 1. The topological polar surface area (TPSA) is 86.8 Å². The molecule has 0 aromatic heterocycles. The smallest absolute Gasteiger partial charge is 0.264 e. The van der Waals surface area contributed by atoms with Crippen molar-refractivity contribution < 1.29 is 18.0 Å². The van der Waals surface area contributed by atoms with Crippen molar-refractivity contribution in [3.63, 3.8) is 0 Å². The lowest BCUT2D eigenvalue weighted by atomic mass is 9.95. The average Bonchev–Trinajstić information content (AvgIpc) is 2.98. The summed E-state index contributed by atoms with van der Waals surface area (Å²) < 4.78 is 29.1. The molecule has 1 aliphatic carbocycles. The normalized spacial score (nSPS) is 14.7. The van der Waals surface area contributed by atoms with Crippen LogP contribution in [0.3, 0.4) is 0 Å². The van der Waals surface area contributed by atoms with Crippen molar-refractivity contribution in [2.24, 2.45) is 0 Å². The van der Waals surface area contributed by atoms with Crippen LogP contribution in [0.1, 0.15) is 62.1 Å². The fraction of sp³-hybridized carbons (Fsp3) is 0.394. The Morgan fingerprint density at radius 2 is 1.50 bits per heavy atom. The second kappa shape index (κ2) is 14.2. The summed E-state index contributed by atoms with van der Waals surface area (Å²) in [5.74, 6) is -0.718. The third kappa shape index (κ3) is 7.72. The minimum absolute atomic E-state index is 0.0709. The summed E-state index contributed by atoms with van der Waals surface area (Å²) in [4.78, 5) is 29.4. The van der Waals surface area contributed by atoms with Gasteiger partial charge in [0, 0.05) is 17.6 Å². The molecule has 9 heteroatoms. The van der Waals surface area contributed by atoms with Gasteiger partial charge in [-0.2, -0.15) is 0 Å². The highest BCUT2D eigenvalue weighted by molar-refractivity contribution is 7.92. The molecule has 0 radical (unpaired) electrons. The number of rotatable bonds is 11. The van der Waals surface area contributed by atoms with Crippen molar-refractivity contribution in [3.8, 4) is 0 Å². The first-order valence-corrected chi connectivity index (χ1v) is 16.4. The summed E-state index contributed by atoms with van der Waals surface area (Å²) in [6.07, 6.45) is 5.47. The molecule has 4 rings (SSSR count). The minimum Gasteiger partial charge on any atom is -0.352 e. The van der Waals surface area contributed by atoms with Gasteiger partial charge in [-0.15, -0.1) is 0 Å². The molecule has 3 aromatic rings. The standard InChI is InChI=1S/C33H40ClN3O4S/c1-4-31(33(39)35-27-11-6-5-7-12-27)36(22-26-10-8-9-13-30(26)34)32(38)23-37(28-18-14-24(2)15-19-28)42(40,41)29-20-16-25(3)17-21-29/h8-10,13-21,27,31H,4-7,11-12,22-23H2,1-3H3,(H,35,39)/t31-/m1/s1. The van der Waals surface area contributed by atoms with E-state index >= 15 is 0 Å². The van der Waals surface area contributed by atoms with E-state index in [1.165, 1.54) is 4.90 Å². The molecule has 2 amide bonds. The predicted octanol–water partition coefficient (Wildman–Crippen LogP) is 6.41. The number of hydrogen-bond donors (Lipinski definition) is 1. The molecule has 0 heterocycles. The maximum atomic E-state index is 14.2. The Morgan fingerprint density at radius 3 is 2.10 bits per heavy atom. The van der Waals surface area contributed by atoms with Gasteiger partial charge in [0.2, 0.25) is 11.8 Å². The van der Waals surface area contributed by atoms with Gasteiger partial charge in [0.25, 0.3) is 10.0 Å². The molecule has 3 aromatic carbocycles. The van der Waals surface area contributed by atoms with E-state index in [9.17, 15) is 18.0 Å². The van der Waals surface area contributed by atoms with Crippen molar-refractivity contribution in [1.82, 2.24) is 10.2 Å². The Hall–Kier alpha value is -3.36. The van der Waals surface area contributed by atoms with Crippen LogP contribution in [-0.2, 0) is 26.2 Å². The number of amides is 2. The van der Waals surface area contributed by atoms with Crippen LogP contribution in [0.25, 0.3) is 0 Å². The second-order valence-electron chi connectivity index (χ2n) is 11.0. The summed E-state index contributed by atoms with van der Waals surface area (Å²) in [5, 5.41) is 3.63. The quantitative estimate of drug-likeness (QED) is 0.272. The number of hydrogen-bond acceptors (Lipinski definition) is 4. The molecule has 0 saturated heterocycles. The van der Waals surface area contributed by atoms with Gasteiger partial charge in [0.1, 0.15) is 12.6 Å². The van der Waals surface area contributed by atoms with Gasteiger partial charge in [0.15, 0.2) is 0 Å². The van der Waals surface area contributed by atoms with Gasteiger partial charge >= 0.3 is 0 Å². The SMILES string of the molecule is CC[C@H](C(=O)NC1CCCCC1)N(Cc1ccccc1Cl)C(=O)CN(c1ccc(C)cc1)S(=O)(=O)c1ccc(C)cc1. The lowest BCUT2D eigenvalue weighted by Crippen LogP contribution is -2.54. The van der Waals surface area contributed by atoms with E-state index in [1.54, 1.807) is 48.5 Å². The van der Waals surface area contributed by atoms with Crippen molar-refractivity contribution in [1.29, 1.82) is 0 Å². The maximum Gasteiger partial charge on any atom is 0.264 e. The summed E-state index contributed by atoms with van der Waals surface area (Å²) in [6.45, 7) is 5.25. The van der Waals surface area contributed by atoms with Gasteiger partial charge in [-0.3, -0.25) is 13.9 Å². The first kappa shape index (κ1) is 31.6. The Kier molecular flexibility index (Phi) is 10.7. The molecular weight excluding hydrogens is 570 g/mol. The number of benzene rings is 3. The molecule has 1 atom stereocenters. The summed E-state index contributed by atoms with van der Waals surface area (Å²) in [7, 11) is -4.11. The van der Waals surface area contributed by atoms with E-state index in [2.05, 4.69) is 5.32 Å². The van der Waals surface area contributed by atoms with E-state index < -0.39 is 28.5 Å². The highest BCUT2D eigenvalue weighted by Gasteiger charge is 2.34. The van der Waals surface area contributed by atoms with Crippen LogP contribution >= 0.6 is 11.6 Å². The molecule has 7 nitrogen and oxygen atoms in total. The summed E-state index contributed by atoms with van der Waals surface area (Å²) >= 11 is 6.49. The molecule has 0 unspecified atom stereocenters. The number of nitrogens with zero attached hydrogens (tertiary/aromatic N) is 2. The number of nitrogens with one attached hydrogen (secondary N) is 1. The third-order valence-electron chi connectivity index (χ3n) is 7.85. The molecule has 0 bridgehead atoms. The van der Waals surface area contributed by atoms with E-state index in [-0.39, 0.29) is 23.4 Å². The highest BCUT2D eigenvalue weighted by Crippen LogP contribution is 2.27. The van der Waals surface area contributed by atoms with Gasteiger partial charge in [-0.05, 0) is 69.0 Å². The molecular formula is C33H40ClN3O4S. The second-order valence-corrected chi connectivity index (χ2v) is 13.3. The first-order chi connectivity index (χ1) is 20.1. The van der Waals surface area contributed by atoms with Crippen molar-refractivity contribution in [2.75, 3.05) is 10.8 Å². The van der Waals surface area contributed by atoms with Crippen molar-refractivity contribution >= 4 is 39.1 Å². The number of carbonyl (C=O) groups is 2. The van der Waals surface area contributed by atoms with Gasteiger partial charge in [-0.25, -0.2) is 8.42 Å². The first-order valence-electron chi connectivity index (χ1n) is 14.6. The minimum atomic E-state index is -4.11. The van der Waals surface area contributed by atoms with E-state index in [4.69, 9.17) is 11.6 Å². The van der Waals surface area contributed by atoms with E-state index in [1.807, 2.05) is 45.0 Å². The van der Waals surface area contributed by atoms with Crippen LogP contribution in [0.4, 0.5) is 5.69 Å². The molecule has 224 valence electrons. The fourth-order valence-electron chi connectivity index (χ4n) is 5.35. The van der Waals surface area contributed by atoms with Crippen LogP contribution in [0.2, 0.25) is 5.02 Å². The zero-order chi connectivity index (χ0) is 30.3. The van der Waals surface area contributed by atoms with Gasteiger partial charge < -0.3 is 10.2 Å². The monoisotopic (exact) mass is 609 g/mol. The number of anilines is 1. The van der Waals surface area contributed by atoms with E-state index in [0.29, 0.717) is 22.7 Å². The Morgan fingerprint density at radius 1 is 0.905 bits per heavy atom. The largest absolute Gasteiger partial charge is 0.352 e. The molecule has 0 spiro atoms. The predicted molar refractivity (Wildman–Crippen MR) is 168 cm³/mol. The molecule has 1 N–H and O–H groups in total. The number of carbonyl (C=O) groups excluding carboxylic acids is 2. The summed E-state index contributed by atoms with van der Waals surface area (Å²) in [6, 6.07) is 20.0. The molecule has 0 aliphatic heterocycles. The zero-order valence-corrected chi connectivity index (χ0v) is 26.1. The Balaban J connectivity index is 1.71. The van der Waals surface area contributed by atoms with Crippen LogP contribution in [0.15, 0.2) is 77.7 Å². The Bertz CT molecular complexity index is 1470. The van der Waals surface area contributed by atoms with Gasteiger partial charge in [-0.1, -0.05) is 91.4 Å². The molecule has 42 heavy (non-hydrogen) atoms. The van der Waals surface area contributed by atoms with Crippen LogP contribution in [0.5, 0.6) is 0 Å².